The van der Waals surface area contributed by atoms with Gasteiger partial charge in [-0.1, -0.05) is 6.92 Å². The van der Waals surface area contributed by atoms with Crippen LogP contribution in [0.5, 0.6) is 0 Å². The number of aliphatic hydroxyl groups excluding tert-OH is 2. The molecule has 0 radical (unpaired) electrons. The molecule has 0 aromatic carbocycles. The van der Waals surface area contributed by atoms with E-state index >= 15 is 0 Å². The Balaban J connectivity index is 1.49. The van der Waals surface area contributed by atoms with Gasteiger partial charge in [0.1, 0.15) is 11.5 Å². The zero-order valence-corrected chi connectivity index (χ0v) is 11.7. The van der Waals surface area contributed by atoms with E-state index in [1.807, 2.05) is 12.1 Å². The van der Waals surface area contributed by atoms with Crippen LogP contribution in [0.25, 0.3) is 0 Å². The van der Waals surface area contributed by atoms with Gasteiger partial charge in [-0.25, -0.2) is 0 Å². The van der Waals surface area contributed by atoms with E-state index in [9.17, 15) is 15.0 Å². The summed E-state index contributed by atoms with van der Waals surface area (Å²) in [5, 5.41) is 18.9. The van der Waals surface area contributed by atoms with E-state index in [-0.39, 0.29) is 19.0 Å². The first-order valence-electron chi connectivity index (χ1n) is 7.27. The maximum atomic E-state index is 12.0. The number of aryl methyl sites for hydroxylation is 1. The van der Waals surface area contributed by atoms with Gasteiger partial charge in [0.15, 0.2) is 0 Å². The summed E-state index contributed by atoms with van der Waals surface area (Å²) >= 11 is 0. The maximum absolute atomic E-state index is 12.0. The van der Waals surface area contributed by atoms with Crippen LogP contribution in [0.15, 0.2) is 16.5 Å². The highest BCUT2D eigenvalue weighted by atomic mass is 16.3. The summed E-state index contributed by atoms with van der Waals surface area (Å²) in [5.74, 6) is 3.10. The smallest absolute Gasteiger partial charge is 0.223 e. The third kappa shape index (κ3) is 2.74. The molecular formula is C15H21NO4. The van der Waals surface area contributed by atoms with Gasteiger partial charge in [-0.05, 0) is 24.5 Å². The molecule has 1 aromatic rings. The molecule has 0 bridgehead atoms. The van der Waals surface area contributed by atoms with Crippen LogP contribution in [0.3, 0.4) is 0 Å². The van der Waals surface area contributed by atoms with Crippen LogP contribution in [0.1, 0.15) is 37.2 Å². The van der Waals surface area contributed by atoms with Gasteiger partial charge in [0, 0.05) is 31.8 Å². The largest absolute Gasteiger partial charge is 0.466 e. The molecule has 2 fully saturated rings. The summed E-state index contributed by atoms with van der Waals surface area (Å²) in [4.78, 5) is 13.5. The first-order chi connectivity index (χ1) is 9.54. The normalized spacial score (nSPS) is 32.6. The van der Waals surface area contributed by atoms with E-state index in [4.69, 9.17) is 4.42 Å². The molecule has 1 aliphatic carbocycles. The van der Waals surface area contributed by atoms with Gasteiger partial charge in [-0.2, -0.15) is 0 Å². The fourth-order valence-electron chi connectivity index (χ4n) is 2.81. The lowest BCUT2D eigenvalue weighted by Crippen LogP contribution is -2.29. The number of furan rings is 1. The molecule has 5 heteroatoms. The Labute approximate surface area is 118 Å². The molecule has 3 rings (SSSR count). The molecule has 1 saturated carbocycles. The Hall–Kier alpha value is -1.33. The van der Waals surface area contributed by atoms with Crippen molar-refractivity contribution in [2.24, 2.45) is 5.92 Å². The number of likely N-dealkylation sites (tertiary alicyclic amines) is 1. The minimum absolute atomic E-state index is 0.0432. The second-order valence-electron chi connectivity index (χ2n) is 6.06. The highest BCUT2D eigenvalue weighted by Gasteiger charge is 2.36. The van der Waals surface area contributed by atoms with Crippen molar-refractivity contribution in [2.75, 3.05) is 13.1 Å². The van der Waals surface area contributed by atoms with Crippen LogP contribution in [-0.4, -0.2) is 46.3 Å². The van der Waals surface area contributed by atoms with Crippen molar-refractivity contribution in [1.82, 2.24) is 4.90 Å². The number of carbonyl (C=O) groups is 1. The summed E-state index contributed by atoms with van der Waals surface area (Å²) in [6, 6.07) is 3.96. The van der Waals surface area contributed by atoms with E-state index < -0.39 is 12.2 Å². The molecule has 1 amide bonds. The molecule has 0 spiro atoms. The van der Waals surface area contributed by atoms with E-state index in [0.717, 1.165) is 11.5 Å². The lowest BCUT2D eigenvalue weighted by Gasteiger charge is -2.14. The van der Waals surface area contributed by atoms with Gasteiger partial charge in [-0.3, -0.25) is 4.79 Å². The van der Waals surface area contributed by atoms with Crippen LogP contribution in [0, 0.1) is 5.92 Å². The molecule has 4 atom stereocenters. The second-order valence-corrected chi connectivity index (χ2v) is 6.06. The number of hydrogen-bond acceptors (Lipinski definition) is 4. The second kappa shape index (κ2) is 5.22. The van der Waals surface area contributed by atoms with Crippen molar-refractivity contribution in [3.05, 3.63) is 23.7 Å². The van der Waals surface area contributed by atoms with Crippen molar-refractivity contribution >= 4 is 5.91 Å². The fourth-order valence-corrected chi connectivity index (χ4v) is 2.81. The number of hydrogen-bond donors (Lipinski definition) is 2. The van der Waals surface area contributed by atoms with Gasteiger partial charge < -0.3 is 19.5 Å². The number of β-amino-alcohol motifs (C(OH)–C–C–N with tert-alkyl or cyclic N) is 2. The molecule has 20 heavy (non-hydrogen) atoms. The van der Waals surface area contributed by atoms with E-state index in [1.165, 1.54) is 11.3 Å². The molecule has 1 aliphatic heterocycles. The number of aliphatic hydroxyl groups is 2. The summed E-state index contributed by atoms with van der Waals surface area (Å²) in [7, 11) is 0. The van der Waals surface area contributed by atoms with Crippen LogP contribution in [0.4, 0.5) is 0 Å². The number of nitrogens with zero attached hydrogens (tertiary/aromatic N) is 1. The van der Waals surface area contributed by atoms with Crippen LogP contribution in [-0.2, 0) is 11.2 Å². The highest BCUT2D eigenvalue weighted by Crippen LogP contribution is 2.47. The van der Waals surface area contributed by atoms with Gasteiger partial charge in [0.2, 0.25) is 5.91 Å². The molecular weight excluding hydrogens is 258 g/mol. The maximum Gasteiger partial charge on any atom is 0.223 e. The quantitative estimate of drug-likeness (QED) is 0.859. The molecule has 4 unspecified atom stereocenters. The Morgan fingerprint density at radius 2 is 2.00 bits per heavy atom. The number of amides is 1. The van der Waals surface area contributed by atoms with Crippen molar-refractivity contribution < 1.29 is 19.4 Å². The zero-order valence-electron chi connectivity index (χ0n) is 11.7. The standard InChI is InChI=1S/C15H21NO4/c1-9-6-11(9)14-4-2-10(20-14)3-5-15(19)16-7-12(17)13(18)8-16/h2,4,9,11-13,17-18H,3,5-8H2,1H3. The summed E-state index contributed by atoms with van der Waals surface area (Å²) in [6.45, 7) is 2.66. The number of carbonyl (C=O) groups excluding carboxylic acids is 1. The Bertz CT molecular complexity index is 488. The van der Waals surface area contributed by atoms with E-state index in [0.29, 0.717) is 24.7 Å². The topological polar surface area (TPSA) is 73.9 Å². The van der Waals surface area contributed by atoms with Gasteiger partial charge in [0.05, 0.1) is 12.2 Å². The predicted molar refractivity (Wildman–Crippen MR) is 72.1 cm³/mol. The molecule has 2 aliphatic rings. The minimum Gasteiger partial charge on any atom is -0.466 e. The molecule has 1 saturated heterocycles. The minimum atomic E-state index is -0.814. The Kier molecular flexibility index (Phi) is 3.56. The monoisotopic (exact) mass is 279 g/mol. The molecule has 2 N–H and O–H groups in total. The first kappa shape index (κ1) is 13.6. The first-order valence-corrected chi connectivity index (χ1v) is 7.27. The van der Waals surface area contributed by atoms with Crippen molar-refractivity contribution in [3.8, 4) is 0 Å². The van der Waals surface area contributed by atoms with Crippen molar-refractivity contribution in [1.29, 1.82) is 0 Å². The molecule has 1 aromatic heterocycles. The third-order valence-corrected chi connectivity index (χ3v) is 4.35. The fraction of sp³-hybridized carbons (Fsp3) is 0.667. The molecule has 2 heterocycles. The van der Waals surface area contributed by atoms with Crippen LogP contribution in [0.2, 0.25) is 0 Å². The lowest BCUT2D eigenvalue weighted by molar-refractivity contribution is -0.130. The zero-order chi connectivity index (χ0) is 14.3. The highest BCUT2D eigenvalue weighted by molar-refractivity contribution is 5.76. The average molecular weight is 279 g/mol. The summed E-state index contributed by atoms with van der Waals surface area (Å²) in [6.07, 6.45) is 0.487. The SMILES string of the molecule is CC1CC1c1ccc(CCC(=O)N2CC(O)C(O)C2)o1. The van der Waals surface area contributed by atoms with Gasteiger partial charge in [-0.15, -0.1) is 0 Å². The van der Waals surface area contributed by atoms with Crippen molar-refractivity contribution in [2.45, 2.75) is 44.3 Å². The van der Waals surface area contributed by atoms with E-state index in [2.05, 4.69) is 6.92 Å². The average Bonchev–Trinajstić information content (AvgIpc) is 2.85. The van der Waals surface area contributed by atoms with Crippen molar-refractivity contribution in [3.63, 3.8) is 0 Å². The molecule has 5 nitrogen and oxygen atoms in total. The van der Waals surface area contributed by atoms with Crippen LogP contribution >= 0.6 is 0 Å². The molecule has 110 valence electrons. The van der Waals surface area contributed by atoms with Gasteiger partial charge >= 0.3 is 0 Å². The summed E-state index contributed by atoms with van der Waals surface area (Å²) < 4.78 is 5.76. The Morgan fingerprint density at radius 3 is 2.60 bits per heavy atom. The predicted octanol–water partition coefficient (Wildman–Crippen LogP) is 0.900. The summed E-state index contributed by atoms with van der Waals surface area (Å²) in [5.41, 5.74) is 0. The van der Waals surface area contributed by atoms with Crippen LogP contribution < -0.4 is 0 Å². The lowest BCUT2D eigenvalue weighted by atomic mass is 10.2. The number of rotatable bonds is 4. The van der Waals surface area contributed by atoms with E-state index in [1.54, 1.807) is 0 Å². The Morgan fingerprint density at radius 1 is 1.35 bits per heavy atom. The van der Waals surface area contributed by atoms with Gasteiger partial charge in [0.25, 0.3) is 0 Å². The third-order valence-electron chi connectivity index (χ3n) is 4.35.